The SMILES string of the molecule is Cc1ccc(C(CC2CN2)c2ccc3c(c2C)NNN3C)cc1CO. The Bertz CT molecular complexity index is 801. The van der Waals surface area contributed by atoms with Crippen molar-refractivity contribution in [3.05, 3.63) is 58.1 Å². The quantitative estimate of drug-likeness (QED) is 0.631. The minimum atomic E-state index is 0.0908. The van der Waals surface area contributed by atoms with Gasteiger partial charge in [-0.2, -0.15) is 0 Å². The van der Waals surface area contributed by atoms with Gasteiger partial charge >= 0.3 is 0 Å². The normalized spacial score (nSPS) is 19.5. The van der Waals surface area contributed by atoms with Crippen LogP contribution in [0.15, 0.2) is 30.3 Å². The second-order valence-corrected chi connectivity index (χ2v) is 7.21. The zero-order chi connectivity index (χ0) is 17.6. The first kappa shape index (κ1) is 16.4. The molecule has 2 aromatic carbocycles. The summed E-state index contributed by atoms with van der Waals surface area (Å²) in [7, 11) is 2.01. The standard InChI is InChI=1S/C20H26N4O/c1-12-4-5-14(8-15(12)11-25)18(9-16-10-21-16)17-6-7-19-20(13(17)2)22-23-24(19)3/h4-8,16,18,21-23,25H,9-11H2,1-3H3. The topological polar surface area (TPSA) is 69.5 Å². The molecule has 2 aromatic rings. The summed E-state index contributed by atoms with van der Waals surface area (Å²) in [6.07, 6.45) is 1.08. The highest BCUT2D eigenvalue weighted by atomic mass is 16.3. The Balaban J connectivity index is 1.77. The van der Waals surface area contributed by atoms with Gasteiger partial charge in [-0.3, -0.25) is 5.01 Å². The Morgan fingerprint density at radius 2 is 2.04 bits per heavy atom. The predicted octanol–water partition coefficient (Wildman–Crippen LogP) is 2.57. The first-order valence-electron chi connectivity index (χ1n) is 8.91. The third-order valence-electron chi connectivity index (χ3n) is 5.53. The molecule has 2 aliphatic rings. The fraction of sp³-hybridized carbons (Fsp3) is 0.400. The van der Waals surface area contributed by atoms with Crippen LogP contribution in [0.3, 0.4) is 0 Å². The molecule has 0 radical (unpaired) electrons. The van der Waals surface area contributed by atoms with Crippen LogP contribution in [0.25, 0.3) is 0 Å². The number of benzene rings is 2. The molecule has 0 bridgehead atoms. The van der Waals surface area contributed by atoms with Crippen molar-refractivity contribution in [3.63, 3.8) is 0 Å². The van der Waals surface area contributed by atoms with Crippen molar-refractivity contribution in [2.45, 2.75) is 38.8 Å². The lowest BCUT2D eigenvalue weighted by atomic mass is 9.83. The molecule has 0 saturated carbocycles. The van der Waals surface area contributed by atoms with Crippen LogP contribution in [-0.4, -0.2) is 24.7 Å². The van der Waals surface area contributed by atoms with Gasteiger partial charge in [-0.25, -0.2) is 0 Å². The summed E-state index contributed by atoms with van der Waals surface area (Å²) in [4.78, 5) is 0. The molecule has 1 fully saturated rings. The van der Waals surface area contributed by atoms with Gasteiger partial charge in [0, 0.05) is 25.6 Å². The van der Waals surface area contributed by atoms with E-state index in [0.717, 1.165) is 29.8 Å². The maximum Gasteiger partial charge on any atom is 0.0785 e. The number of anilines is 2. The molecule has 5 nitrogen and oxygen atoms in total. The zero-order valence-electron chi connectivity index (χ0n) is 15.1. The average molecular weight is 338 g/mol. The van der Waals surface area contributed by atoms with E-state index in [0.29, 0.717) is 12.0 Å². The van der Waals surface area contributed by atoms with Gasteiger partial charge in [0.2, 0.25) is 0 Å². The number of fused-ring (bicyclic) bond motifs is 1. The van der Waals surface area contributed by atoms with Gasteiger partial charge in [0.05, 0.1) is 18.0 Å². The van der Waals surface area contributed by atoms with E-state index in [1.807, 2.05) is 12.1 Å². The number of aliphatic hydroxyl groups excluding tert-OH is 1. The Morgan fingerprint density at radius 1 is 1.24 bits per heavy atom. The molecule has 132 valence electrons. The summed E-state index contributed by atoms with van der Waals surface area (Å²) in [6.45, 7) is 5.44. The Labute approximate surface area is 149 Å². The second-order valence-electron chi connectivity index (χ2n) is 7.21. The molecule has 2 heterocycles. The van der Waals surface area contributed by atoms with Gasteiger partial charge in [0.25, 0.3) is 0 Å². The van der Waals surface area contributed by atoms with Gasteiger partial charge in [0.1, 0.15) is 0 Å². The van der Waals surface area contributed by atoms with Gasteiger partial charge in [-0.05, 0) is 54.2 Å². The van der Waals surface area contributed by atoms with Crippen molar-refractivity contribution in [3.8, 4) is 0 Å². The van der Waals surface area contributed by atoms with E-state index in [1.165, 1.54) is 22.4 Å². The number of aliphatic hydroxyl groups is 1. The fourth-order valence-corrected chi connectivity index (χ4v) is 3.78. The van der Waals surface area contributed by atoms with Crippen LogP contribution in [0.1, 0.15) is 40.2 Å². The van der Waals surface area contributed by atoms with Gasteiger partial charge in [-0.1, -0.05) is 24.3 Å². The highest BCUT2D eigenvalue weighted by molar-refractivity contribution is 5.77. The molecule has 2 aliphatic heterocycles. The van der Waals surface area contributed by atoms with Crippen LogP contribution in [0.4, 0.5) is 11.4 Å². The summed E-state index contributed by atoms with van der Waals surface area (Å²) in [6, 6.07) is 11.5. The van der Waals surface area contributed by atoms with Crippen LogP contribution in [0, 0.1) is 13.8 Å². The predicted molar refractivity (Wildman–Crippen MR) is 102 cm³/mol. The monoisotopic (exact) mass is 338 g/mol. The first-order chi connectivity index (χ1) is 12.1. The average Bonchev–Trinajstić information content (AvgIpc) is 3.36. The number of hydrogen-bond acceptors (Lipinski definition) is 5. The fourth-order valence-electron chi connectivity index (χ4n) is 3.78. The molecule has 5 heteroatoms. The number of aryl methyl sites for hydroxylation is 1. The van der Waals surface area contributed by atoms with Crippen molar-refractivity contribution < 1.29 is 5.11 Å². The van der Waals surface area contributed by atoms with E-state index in [4.69, 9.17) is 0 Å². The number of hydrogen-bond donors (Lipinski definition) is 4. The lowest BCUT2D eigenvalue weighted by molar-refractivity contribution is 0.281. The van der Waals surface area contributed by atoms with Gasteiger partial charge in [-0.15, -0.1) is 5.53 Å². The third-order valence-corrected chi connectivity index (χ3v) is 5.53. The van der Waals surface area contributed by atoms with E-state index in [-0.39, 0.29) is 6.61 Å². The molecule has 0 amide bonds. The Kier molecular flexibility index (Phi) is 4.15. The zero-order valence-corrected chi connectivity index (χ0v) is 15.1. The molecule has 4 rings (SSSR count). The minimum absolute atomic E-state index is 0.0908. The maximum atomic E-state index is 9.66. The van der Waals surface area contributed by atoms with Crippen LogP contribution in [0.2, 0.25) is 0 Å². The second kappa shape index (κ2) is 6.33. The van der Waals surface area contributed by atoms with Crippen molar-refractivity contribution in [2.24, 2.45) is 0 Å². The summed E-state index contributed by atoms with van der Waals surface area (Å²) in [5, 5.41) is 15.1. The molecule has 4 N–H and O–H groups in total. The van der Waals surface area contributed by atoms with E-state index >= 15 is 0 Å². The maximum absolute atomic E-state index is 9.66. The van der Waals surface area contributed by atoms with Crippen molar-refractivity contribution in [1.82, 2.24) is 10.9 Å². The Hall–Kier alpha value is -2.08. The third kappa shape index (κ3) is 2.99. The molecular formula is C20H26N4O. The van der Waals surface area contributed by atoms with Crippen molar-refractivity contribution >= 4 is 11.4 Å². The highest BCUT2D eigenvalue weighted by Crippen LogP contribution is 2.40. The highest BCUT2D eigenvalue weighted by Gasteiger charge is 2.29. The molecule has 0 aromatic heterocycles. The van der Waals surface area contributed by atoms with Crippen LogP contribution in [0.5, 0.6) is 0 Å². The molecule has 2 atom stereocenters. The number of rotatable bonds is 5. The summed E-state index contributed by atoms with van der Waals surface area (Å²) < 4.78 is 0. The lowest BCUT2D eigenvalue weighted by Crippen LogP contribution is -2.31. The van der Waals surface area contributed by atoms with E-state index in [9.17, 15) is 5.11 Å². The van der Waals surface area contributed by atoms with Crippen molar-refractivity contribution in [1.29, 1.82) is 0 Å². The van der Waals surface area contributed by atoms with Crippen LogP contribution >= 0.6 is 0 Å². The van der Waals surface area contributed by atoms with E-state index < -0.39 is 0 Å². The van der Waals surface area contributed by atoms with Gasteiger partial charge < -0.3 is 15.8 Å². The first-order valence-corrected chi connectivity index (χ1v) is 8.91. The smallest absolute Gasteiger partial charge is 0.0785 e. The van der Waals surface area contributed by atoms with Gasteiger partial charge in [0.15, 0.2) is 0 Å². The summed E-state index contributed by atoms with van der Waals surface area (Å²) >= 11 is 0. The number of nitrogens with zero attached hydrogens (tertiary/aromatic N) is 1. The molecule has 25 heavy (non-hydrogen) atoms. The van der Waals surface area contributed by atoms with E-state index in [1.54, 1.807) is 0 Å². The summed E-state index contributed by atoms with van der Waals surface area (Å²) in [5.74, 6) is 0.323. The molecule has 0 spiro atoms. The Morgan fingerprint density at radius 3 is 2.76 bits per heavy atom. The molecule has 2 unspecified atom stereocenters. The molecule has 1 saturated heterocycles. The number of hydrazine groups is 2. The van der Waals surface area contributed by atoms with Crippen molar-refractivity contribution in [2.75, 3.05) is 24.0 Å². The molecule has 0 aliphatic carbocycles. The number of nitrogens with one attached hydrogen (secondary N) is 3. The van der Waals surface area contributed by atoms with E-state index in [2.05, 4.69) is 60.5 Å². The minimum Gasteiger partial charge on any atom is -0.392 e. The molecular weight excluding hydrogens is 312 g/mol. The van der Waals surface area contributed by atoms with Crippen LogP contribution in [-0.2, 0) is 6.61 Å². The van der Waals surface area contributed by atoms with Crippen LogP contribution < -0.4 is 21.3 Å². The summed E-state index contributed by atoms with van der Waals surface area (Å²) in [5.41, 5.74) is 14.8. The largest absolute Gasteiger partial charge is 0.392 e. The lowest BCUT2D eigenvalue weighted by Gasteiger charge is -2.22.